The number of methoxy groups -OCH3 is 1. The van der Waals surface area contributed by atoms with E-state index in [1.807, 2.05) is 18.2 Å². The summed E-state index contributed by atoms with van der Waals surface area (Å²) in [6.07, 6.45) is 1.05. The Morgan fingerprint density at radius 2 is 1.92 bits per heavy atom. The van der Waals surface area contributed by atoms with Crippen molar-refractivity contribution >= 4 is 5.69 Å². The maximum Gasteiger partial charge on any atom is 0.331 e. The average Bonchev–Trinajstić information content (AvgIpc) is 2.62. The van der Waals surface area contributed by atoms with Gasteiger partial charge in [-0.1, -0.05) is 37.3 Å². The topological polar surface area (TPSA) is 77.7 Å². The zero-order valence-electron chi connectivity index (χ0n) is 14.6. The Labute approximate surface area is 147 Å². The fraction of sp³-hybridized carbons (Fsp3) is 0.389. The van der Waals surface area contributed by atoms with Crippen LogP contribution in [0.5, 0.6) is 11.8 Å². The van der Waals surface area contributed by atoms with Gasteiger partial charge in [0, 0.05) is 25.2 Å². The van der Waals surface area contributed by atoms with Crippen molar-refractivity contribution in [3.8, 4) is 11.8 Å². The molecule has 7 heteroatoms. The lowest BCUT2D eigenvalue weighted by molar-refractivity contribution is -0.386. The fourth-order valence-corrected chi connectivity index (χ4v) is 2.49. The summed E-state index contributed by atoms with van der Waals surface area (Å²) in [6, 6.07) is 13.1. The van der Waals surface area contributed by atoms with Gasteiger partial charge in [0.15, 0.2) is 0 Å². The van der Waals surface area contributed by atoms with Crippen LogP contribution in [0.3, 0.4) is 0 Å². The van der Waals surface area contributed by atoms with Gasteiger partial charge in [0.05, 0.1) is 12.0 Å². The molecule has 0 aliphatic heterocycles. The normalized spacial score (nSPS) is 10.7. The molecule has 134 valence electrons. The fourth-order valence-electron chi connectivity index (χ4n) is 2.49. The zero-order chi connectivity index (χ0) is 18.1. The second-order valence-electron chi connectivity index (χ2n) is 5.55. The number of aromatic nitrogens is 1. The molecular formula is C18H23N3O4. The molecule has 0 aliphatic rings. The molecule has 0 atom stereocenters. The molecule has 0 radical (unpaired) electrons. The second kappa shape index (κ2) is 9.58. The Morgan fingerprint density at radius 3 is 2.56 bits per heavy atom. The van der Waals surface area contributed by atoms with E-state index < -0.39 is 4.92 Å². The lowest BCUT2D eigenvalue weighted by atomic mass is 10.2. The summed E-state index contributed by atoms with van der Waals surface area (Å²) in [5, 5.41) is 10.9. The third kappa shape index (κ3) is 5.72. The number of nitrogens with zero attached hydrogens (tertiary/aromatic N) is 3. The molecule has 1 heterocycles. The largest absolute Gasteiger partial charge is 0.476 e. The summed E-state index contributed by atoms with van der Waals surface area (Å²) in [6.45, 7) is 5.15. The van der Waals surface area contributed by atoms with E-state index in [0.717, 1.165) is 26.1 Å². The molecule has 7 nitrogen and oxygen atoms in total. The van der Waals surface area contributed by atoms with Gasteiger partial charge in [-0.2, -0.15) is 4.98 Å². The smallest absolute Gasteiger partial charge is 0.331 e. The molecule has 0 amide bonds. The number of hydrogen-bond donors (Lipinski definition) is 0. The van der Waals surface area contributed by atoms with E-state index in [-0.39, 0.29) is 11.6 Å². The minimum Gasteiger partial charge on any atom is -0.476 e. The number of ether oxygens (including phenoxy) is 2. The lowest BCUT2D eigenvalue weighted by Gasteiger charge is -2.21. The number of hydrogen-bond acceptors (Lipinski definition) is 6. The van der Waals surface area contributed by atoms with Crippen molar-refractivity contribution in [3.05, 3.63) is 58.1 Å². The standard InChI is InChI=1S/C18H23N3O4/c1-3-11-20(14-15-7-5-4-6-8-15)12-13-25-17-10-9-16(21(22)23)18(19-17)24-2/h4-10H,3,11-14H2,1-2H3. The Morgan fingerprint density at radius 1 is 1.16 bits per heavy atom. The van der Waals surface area contributed by atoms with Crippen molar-refractivity contribution in [2.75, 3.05) is 26.8 Å². The second-order valence-corrected chi connectivity index (χ2v) is 5.55. The van der Waals surface area contributed by atoms with Gasteiger partial charge in [-0.15, -0.1) is 0 Å². The van der Waals surface area contributed by atoms with Crippen molar-refractivity contribution < 1.29 is 14.4 Å². The first-order chi connectivity index (χ1) is 12.1. The summed E-state index contributed by atoms with van der Waals surface area (Å²) < 4.78 is 10.6. The summed E-state index contributed by atoms with van der Waals surface area (Å²) in [5.74, 6) is 0.274. The highest BCUT2D eigenvalue weighted by molar-refractivity contribution is 5.42. The maximum atomic E-state index is 10.9. The van der Waals surface area contributed by atoms with Crippen molar-refractivity contribution in [1.82, 2.24) is 9.88 Å². The molecular weight excluding hydrogens is 322 g/mol. The molecule has 0 unspecified atom stereocenters. The first-order valence-corrected chi connectivity index (χ1v) is 8.22. The van der Waals surface area contributed by atoms with Crippen LogP contribution in [0.25, 0.3) is 0 Å². The average molecular weight is 345 g/mol. The van der Waals surface area contributed by atoms with Gasteiger partial charge in [0.1, 0.15) is 6.61 Å². The Bertz CT molecular complexity index is 679. The van der Waals surface area contributed by atoms with Crippen LogP contribution in [-0.2, 0) is 6.54 Å². The summed E-state index contributed by atoms with van der Waals surface area (Å²) in [5.41, 5.74) is 1.08. The monoisotopic (exact) mass is 345 g/mol. The molecule has 0 spiro atoms. The van der Waals surface area contributed by atoms with Gasteiger partial charge in [-0.05, 0) is 18.5 Å². The summed E-state index contributed by atoms with van der Waals surface area (Å²) in [4.78, 5) is 16.7. The number of pyridine rings is 1. The minimum atomic E-state index is -0.529. The molecule has 0 fully saturated rings. The molecule has 0 saturated carbocycles. The highest BCUT2D eigenvalue weighted by Gasteiger charge is 2.17. The zero-order valence-corrected chi connectivity index (χ0v) is 14.6. The van der Waals surface area contributed by atoms with Gasteiger partial charge < -0.3 is 9.47 Å². The van der Waals surface area contributed by atoms with Crippen LogP contribution in [0.2, 0.25) is 0 Å². The van der Waals surface area contributed by atoms with Gasteiger partial charge in [0.25, 0.3) is 5.88 Å². The highest BCUT2D eigenvalue weighted by Crippen LogP contribution is 2.26. The molecule has 2 rings (SSSR count). The molecule has 0 saturated heterocycles. The minimum absolute atomic E-state index is 0.0443. The molecule has 0 bridgehead atoms. The van der Waals surface area contributed by atoms with Gasteiger partial charge >= 0.3 is 5.69 Å². The van der Waals surface area contributed by atoms with E-state index >= 15 is 0 Å². The molecule has 0 N–H and O–H groups in total. The van der Waals surface area contributed by atoms with Crippen LogP contribution >= 0.6 is 0 Å². The van der Waals surface area contributed by atoms with Crippen LogP contribution in [0, 0.1) is 10.1 Å². The van der Waals surface area contributed by atoms with Crippen LogP contribution in [0.4, 0.5) is 5.69 Å². The Kier molecular flexibility index (Phi) is 7.16. The number of rotatable bonds is 10. The Balaban J connectivity index is 1.92. The molecule has 1 aromatic carbocycles. The number of benzene rings is 1. The SMILES string of the molecule is CCCN(CCOc1ccc([N+](=O)[O-])c(OC)n1)Cc1ccccc1. The predicted molar refractivity (Wildman–Crippen MR) is 94.9 cm³/mol. The van der Waals surface area contributed by atoms with Crippen molar-refractivity contribution in [3.63, 3.8) is 0 Å². The Hall–Kier alpha value is -2.67. The quantitative estimate of drug-likeness (QED) is 0.486. The highest BCUT2D eigenvalue weighted by atomic mass is 16.6. The van der Waals surface area contributed by atoms with Gasteiger partial charge in [0.2, 0.25) is 5.88 Å². The molecule has 2 aromatic rings. The summed E-state index contributed by atoms with van der Waals surface area (Å²) >= 11 is 0. The van der Waals surface area contributed by atoms with Crippen molar-refractivity contribution in [2.24, 2.45) is 0 Å². The molecule has 1 aromatic heterocycles. The van der Waals surface area contributed by atoms with E-state index in [4.69, 9.17) is 9.47 Å². The van der Waals surface area contributed by atoms with Crippen molar-refractivity contribution in [1.29, 1.82) is 0 Å². The van der Waals surface area contributed by atoms with Crippen LogP contribution in [0.15, 0.2) is 42.5 Å². The summed E-state index contributed by atoms with van der Waals surface area (Å²) in [7, 11) is 1.35. The third-order valence-corrected chi connectivity index (χ3v) is 3.65. The van der Waals surface area contributed by atoms with E-state index in [1.54, 1.807) is 0 Å². The van der Waals surface area contributed by atoms with E-state index in [2.05, 4.69) is 28.9 Å². The van der Waals surface area contributed by atoms with E-state index in [0.29, 0.717) is 12.5 Å². The van der Waals surface area contributed by atoms with Gasteiger partial charge in [-0.3, -0.25) is 15.0 Å². The first-order valence-electron chi connectivity index (χ1n) is 8.22. The number of nitro groups is 1. The van der Waals surface area contributed by atoms with Crippen LogP contribution in [-0.4, -0.2) is 41.6 Å². The van der Waals surface area contributed by atoms with Crippen molar-refractivity contribution in [2.45, 2.75) is 19.9 Å². The lowest BCUT2D eigenvalue weighted by Crippen LogP contribution is -2.29. The first kappa shape index (κ1) is 18.7. The predicted octanol–water partition coefficient (Wildman–Crippen LogP) is 3.29. The van der Waals surface area contributed by atoms with E-state index in [1.165, 1.54) is 24.8 Å². The van der Waals surface area contributed by atoms with Gasteiger partial charge in [-0.25, -0.2) is 0 Å². The van der Waals surface area contributed by atoms with E-state index in [9.17, 15) is 10.1 Å². The van der Waals surface area contributed by atoms with Crippen LogP contribution in [0.1, 0.15) is 18.9 Å². The molecule has 25 heavy (non-hydrogen) atoms. The third-order valence-electron chi connectivity index (χ3n) is 3.65. The molecule has 0 aliphatic carbocycles. The van der Waals surface area contributed by atoms with Crippen LogP contribution < -0.4 is 9.47 Å². The maximum absolute atomic E-state index is 10.9.